The molecule has 4 nitrogen and oxygen atoms in total. The predicted octanol–water partition coefficient (Wildman–Crippen LogP) is 8.11. The standard InChI is InChI=1S/C33H58N2O2/c1-21(2)22(3)9-10-23(4)27-13-14-28-26-12-11-24-19-25(37-30(36)35-20-31(5,6)34)15-17-32(24,7)29(26)16-18-33(27,28)8/h11,21-23,25-29H,9-10,12-20,34H2,1-8H3,(H,35,36)/t22-,23-,25+,26+,27?,28+,29+,32+,33-/m1/s1. The van der Waals surface area contributed by atoms with E-state index in [1.807, 2.05) is 13.8 Å². The third-order valence-electron chi connectivity index (χ3n) is 12.0. The summed E-state index contributed by atoms with van der Waals surface area (Å²) >= 11 is 0. The van der Waals surface area contributed by atoms with Gasteiger partial charge in [-0.3, -0.25) is 0 Å². The van der Waals surface area contributed by atoms with Gasteiger partial charge in [0.1, 0.15) is 6.10 Å². The van der Waals surface area contributed by atoms with Gasteiger partial charge < -0.3 is 15.8 Å². The maximum atomic E-state index is 12.4. The van der Waals surface area contributed by atoms with Crippen molar-refractivity contribution in [3.63, 3.8) is 0 Å². The molecule has 9 atom stereocenters. The van der Waals surface area contributed by atoms with Gasteiger partial charge in [-0.15, -0.1) is 0 Å². The molecule has 4 rings (SSSR count). The van der Waals surface area contributed by atoms with E-state index in [2.05, 4.69) is 52.9 Å². The van der Waals surface area contributed by atoms with E-state index in [1.165, 1.54) is 44.9 Å². The summed E-state index contributed by atoms with van der Waals surface area (Å²) in [5.74, 6) is 5.91. The molecule has 0 aromatic heterocycles. The van der Waals surface area contributed by atoms with Crippen LogP contribution in [0.1, 0.15) is 120 Å². The van der Waals surface area contributed by atoms with Crippen LogP contribution in [0.15, 0.2) is 11.6 Å². The van der Waals surface area contributed by atoms with Crippen molar-refractivity contribution < 1.29 is 9.53 Å². The number of fused-ring (bicyclic) bond motifs is 5. The molecule has 1 unspecified atom stereocenters. The lowest BCUT2D eigenvalue weighted by molar-refractivity contribution is -0.0583. The van der Waals surface area contributed by atoms with Gasteiger partial charge in [-0.05, 0) is 111 Å². The van der Waals surface area contributed by atoms with Crippen LogP contribution in [-0.2, 0) is 4.74 Å². The van der Waals surface area contributed by atoms with Gasteiger partial charge in [0.2, 0.25) is 0 Å². The number of amides is 1. The second kappa shape index (κ2) is 10.9. The summed E-state index contributed by atoms with van der Waals surface area (Å²) in [6.07, 6.45) is 15.0. The fourth-order valence-electron chi connectivity index (χ4n) is 9.26. The lowest BCUT2D eigenvalue weighted by atomic mass is 9.47. The van der Waals surface area contributed by atoms with Crippen LogP contribution in [0.2, 0.25) is 0 Å². The molecule has 0 aromatic rings. The fourth-order valence-corrected chi connectivity index (χ4v) is 9.26. The van der Waals surface area contributed by atoms with Gasteiger partial charge in [-0.2, -0.15) is 0 Å². The van der Waals surface area contributed by atoms with E-state index in [9.17, 15) is 4.79 Å². The van der Waals surface area contributed by atoms with E-state index in [4.69, 9.17) is 10.5 Å². The Morgan fingerprint density at radius 1 is 1.08 bits per heavy atom. The molecule has 0 aliphatic heterocycles. The first kappa shape index (κ1) is 29.0. The Morgan fingerprint density at radius 3 is 2.49 bits per heavy atom. The number of alkyl carbamates (subject to hydrolysis) is 1. The molecule has 4 heteroatoms. The summed E-state index contributed by atoms with van der Waals surface area (Å²) in [5.41, 5.74) is 7.98. The monoisotopic (exact) mass is 514 g/mol. The van der Waals surface area contributed by atoms with Crippen molar-refractivity contribution >= 4 is 6.09 Å². The molecule has 0 bridgehead atoms. The summed E-state index contributed by atoms with van der Waals surface area (Å²) in [7, 11) is 0. The molecule has 1 amide bonds. The second-order valence-corrected chi connectivity index (χ2v) is 15.4. The van der Waals surface area contributed by atoms with Gasteiger partial charge in [0, 0.05) is 18.5 Å². The highest BCUT2D eigenvalue weighted by Crippen LogP contribution is 2.67. The zero-order chi connectivity index (χ0) is 27.2. The van der Waals surface area contributed by atoms with Gasteiger partial charge in [0.25, 0.3) is 0 Å². The minimum absolute atomic E-state index is 0.00411. The first-order valence-electron chi connectivity index (χ1n) is 15.7. The van der Waals surface area contributed by atoms with Crippen LogP contribution in [0, 0.1) is 52.3 Å². The highest BCUT2D eigenvalue weighted by atomic mass is 16.6. The Hall–Kier alpha value is -1.03. The highest BCUT2D eigenvalue weighted by molar-refractivity contribution is 5.67. The largest absolute Gasteiger partial charge is 0.446 e. The van der Waals surface area contributed by atoms with Gasteiger partial charge in [0.05, 0.1) is 0 Å². The number of allylic oxidation sites excluding steroid dienone is 1. The highest BCUT2D eigenvalue weighted by Gasteiger charge is 2.59. The number of rotatable bonds is 8. The van der Waals surface area contributed by atoms with Crippen molar-refractivity contribution in [2.24, 2.45) is 58.0 Å². The minimum atomic E-state index is -0.426. The normalized spacial score (nSPS) is 39.2. The molecule has 3 N–H and O–H groups in total. The maximum absolute atomic E-state index is 12.4. The van der Waals surface area contributed by atoms with E-state index in [0.717, 1.165) is 60.7 Å². The number of hydrogen-bond donors (Lipinski definition) is 2. The lowest BCUT2D eigenvalue weighted by Gasteiger charge is -2.58. The Kier molecular flexibility index (Phi) is 8.50. The zero-order valence-electron chi connectivity index (χ0n) is 25.4. The third-order valence-corrected chi connectivity index (χ3v) is 12.0. The van der Waals surface area contributed by atoms with Crippen molar-refractivity contribution in [3.8, 4) is 0 Å². The molecular weight excluding hydrogens is 456 g/mol. The quantitative estimate of drug-likeness (QED) is 0.322. The number of ether oxygens (including phenoxy) is 1. The maximum Gasteiger partial charge on any atom is 0.407 e. The summed E-state index contributed by atoms with van der Waals surface area (Å²) in [5, 5.41) is 2.85. The van der Waals surface area contributed by atoms with Crippen LogP contribution in [-0.4, -0.2) is 24.3 Å². The molecule has 0 spiro atoms. The number of nitrogens with two attached hydrogens (primary N) is 1. The van der Waals surface area contributed by atoms with E-state index >= 15 is 0 Å². The summed E-state index contributed by atoms with van der Waals surface area (Å²) in [6, 6.07) is 0. The Labute approximate surface area is 228 Å². The van der Waals surface area contributed by atoms with Gasteiger partial charge in [0.15, 0.2) is 0 Å². The summed E-state index contributed by atoms with van der Waals surface area (Å²) in [6.45, 7) is 19.3. The minimum Gasteiger partial charge on any atom is -0.446 e. The van der Waals surface area contributed by atoms with E-state index in [0.29, 0.717) is 12.0 Å². The molecular formula is C33H58N2O2. The van der Waals surface area contributed by atoms with Crippen LogP contribution >= 0.6 is 0 Å². The average Bonchev–Trinajstić information content (AvgIpc) is 3.18. The smallest absolute Gasteiger partial charge is 0.407 e. The molecule has 0 heterocycles. The molecule has 0 radical (unpaired) electrons. The molecule has 0 aromatic carbocycles. The number of nitrogens with one attached hydrogen (secondary N) is 1. The fraction of sp³-hybridized carbons (Fsp3) is 0.909. The van der Waals surface area contributed by atoms with Crippen molar-refractivity contribution in [1.82, 2.24) is 5.32 Å². The Balaban J connectivity index is 1.39. The van der Waals surface area contributed by atoms with Crippen LogP contribution in [0.25, 0.3) is 0 Å². The summed E-state index contributed by atoms with van der Waals surface area (Å²) < 4.78 is 5.85. The SMILES string of the molecule is CC(C)[C@H](C)CC[C@@H](C)C1CC[C@H]2[C@@H]3CC=C4C[C@@H](OC(=O)NCC(C)(C)N)CC[C@]4(C)[C@H]3CC[C@]12C. The van der Waals surface area contributed by atoms with Crippen LogP contribution in [0.4, 0.5) is 4.79 Å². The molecule has 4 aliphatic rings. The average molecular weight is 515 g/mol. The number of hydrogen-bond acceptors (Lipinski definition) is 3. The van der Waals surface area contributed by atoms with Gasteiger partial charge in [-0.1, -0.05) is 66.0 Å². The molecule has 4 aliphatic carbocycles. The van der Waals surface area contributed by atoms with E-state index in [-0.39, 0.29) is 17.6 Å². The topological polar surface area (TPSA) is 64.3 Å². The second-order valence-electron chi connectivity index (χ2n) is 15.4. The van der Waals surface area contributed by atoms with Crippen molar-refractivity contribution in [2.75, 3.05) is 6.54 Å². The Morgan fingerprint density at radius 2 is 1.81 bits per heavy atom. The molecule has 3 saturated carbocycles. The first-order valence-corrected chi connectivity index (χ1v) is 15.7. The van der Waals surface area contributed by atoms with Crippen LogP contribution < -0.4 is 11.1 Å². The van der Waals surface area contributed by atoms with Crippen molar-refractivity contribution in [2.45, 2.75) is 131 Å². The first-order chi connectivity index (χ1) is 17.2. The molecule has 212 valence electrons. The van der Waals surface area contributed by atoms with E-state index in [1.54, 1.807) is 5.57 Å². The number of carbonyl (C=O) groups excluding carboxylic acids is 1. The molecule has 37 heavy (non-hydrogen) atoms. The van der Waals surface area contributed by atoms with E-state index < -0.39 is 5.54 Å². The van der Waals surface area contributed by atoms with Gasteiger partial charge in [-0.25, -0.2) is 4.79 Å². The van der Waals surface area contributed by atoms with Crippen molar-refractivity contribution in [3.05, 3.63) is 11.6 Å². The third kappa shape index (κ3) is 5.94. The molecule has 0 saturated heterocycles. The lowest BCUT2D eigenvalue weighted by Crippen LogP contribution is -2.51. The zero-order valence-corrected chi connectivity index (χ0v) is 25.4. The predicted molar refractivity (Wildman–Crippen MR) is 154 cm³/mol. The van der Waals surface area contributed by atoms with Crippen molar-refractivity contribution in [1.29, 1.82) is 0 Å². The Bertz CT molecular complexity index is 844. The molecule has 3 fully saturated rings. The van der Waals surface area contributed by atoms with Gasteiger partial charge >= 0.3 is 6.09 Å². The van der Waals surface area contributed by atoms with Crippen LogP contribution in [0.5, 0.6) is 0 Å². The summed E-state index contributed by atoms with van der Waals surface area (Å²) in [4.78, 5) is 12.4. The number of carbonyl (C=O) groups is 1. The van der Waals surface area contributed by atoms with Crippen LogP contribution in [0.3, 0.4) is 0 Å².